The zero-order valence-corrected chi connectivity index (χ0v) is 16.1. The van der Waals surface area contributed by atoms with Crippen LogP contribution < -0.4 is 14.8 Å². The second-order valence-electron chi connectivity index (χ2n) is 6.10. The van der Waals surface area contributed by atoms with E-state index in [0.29, 0.717) is 0 Å². The quantitative estimate of drug-likeness (QED) is 0.529. The Morgan fingerprint density at radius 2 is 2.11 bits per heavy atom. The van der Waals surface area contributed by atoms with E-state index in [2.05, 4.69) is 27.1 Å². The van der Waals surface area contributed by atoms with Crippen molar-refractivity contribution in [3.05, 3.63) is 58.5 Å². The minimum Gasteiger partial charge on any atom is -0.454 e. The second-order valence-corrected chi connectivity index (χ2v) is 7.88. The van der Waals surface area contributed by atoms with Gasteiger partial charge in [-0.25, -0.2) is 9.67 Å². The summed E-state index contributed by atoms with van der Waals surface area (Å²) in [6, 6.07) is 9.94. The smallest absolute Gasteiger partial charge is 0.231 e. The molecule has 27 heavy (non-hydrogen) atoms. The molecule has 0 amide bonds. The van der Waals surface area contributed by atoms with E-state index in [1.165, 1.54) is 5.56 Å². The molecule has 4 heterocycles. The molecule has 0 spiro atoms. The average Bonchev–Trinajstić information content (AvgIpc) is 3.45. The first-order valence-corrected chi connectivity index (χ1v) is 10.2. The number of thiophene rings is 1. The molecule has 0 fully saturated rings. The number of thiazole rings is 1. The van der Waals surface area contributed by atoms with Crippen LogP contribution in [0.15, 0.2) is 47.3 Å². The first-order chi connectivity index (χ1) is 13.3. The van der Waals surface area contributed by atoms with Crippen LogP contribution in [0.25, 0.3) is 16.3 Å². The zero-order chi connectivity index (χ0) is 18.2. The van der Waals surface area contributed by atoms with Crippen LogP contribution in [0.3, 0.4) is 0 Å². The summed E-state index contributed by atoms with van der Waals surface area (Å²) in [5.74, 6) is 1.52. The molecule has 136 valence electrons. The Kier molecular flexibility index (Phi) is 4.06. The highest BCUT2D eigenvalue weighted by Gasteiger charge is 2.16. The Morgan fingerprint density at radius 1 is 1.19 bits per heavy atom. The molecule has 8 heteroatoms. The Morgan fingerprint density at radius 3 is 3.00 bits per heavy atom. The maximum absolute atomic E-state index is 5.45. The average molecular weight is 396 g/mol. The SMILES string of the molecule is Cc1nc(NCc2ccsc2)sc1-c1ccn(-c2ccc3c(c2)OCO3)n1. The Hall–Kier alpha value is -2.84. The van der Waals surface area contributed by atoms with Crippen molar-refractivity contribution < 1.29 is 9.47 Å². The molecule has 1 N–H and O–H groups in total. The summed E-state index contributed by atoms with van der Waals surface area (Å²) in [7, 11) is 0. The highest BCUT2D eigenvalue weighted by atomic mass is 32.1. The lowest BCUT2D eigenvalue weighted by Gasteiger charge is -2.02. The molecule has 1 aliphatic rings. The lowest BCUT2D eigenvalue weighted by Crippen LogP contribution is -1.96. The molecule has 0 atom stereocenters. The number of benzene rings is 1. The van der Waals surface area contributed by atoms with E-state index in [1.807, 2.05) is 42.1 Å². The number of nitrogens with zero attached hydrogens (tertiary/aromatic N) is 3. The third-order valence-electron chi connectivity index (χ3n) is 4.26. The van der Waals surface area contributed by atoms with Gasteiger partial charge >= 0.3 is 0 Å². The van der Waals surface area contributed by atoms with Gasteiger partial charge in [0.25, 0.3) is 0 Å². The lowest BCUT2D eigenvalue weighted by molar-refractivity contribution is 0.174. The van der Waals surface area contributed by atoms with Crippen molar-refractivity contribution in [1.82, 2.24) is 14.8 Å². The van der Waals surface area contributed by atoms with Gasteiger partial charge in [0.15, 0.2) is 16.6 Å². The summed E-state index contributed by atoms with van der Waals surface area (Å²) >= 11 is 3.33. The summed E-state index contributed by atoms with van der Waals surface area (Å²) in [5, 5.41) is 13.2. The number of rotatable bonds is 5. The van der Waals surface area contributed by atoms with Gasteiger partial charge in [-0.1, -0.05) is 11.3 Å². The van der Waals surface area contributed by atoms with Crippen LogP contribution in [0.5, 0.6) is 11.5 Å². The molecule has 0 saturated heterocycles. The van der Waals surface area contributed by atoms with Crippen LogP contribution in [-0.4, -0.2) is 21.6 Å². The molecule has 0 saturated carbocycles. The van der Waals surface area contributed by atoms with Crippen molar-refractivity contribution in [3.8, 4) is 27.8 Å². The molecule has 5 rings (SSSR count). The van der Waals surface area contributed by atoms with Crippen molar-refractivity contribution in [2.45, 2.75) is 13.5 Å². The third kappa shape index (κ3) is 3.17. The number of ether oxygens (including phenoxy) is 2. The molecule has 0 bridgehead atoms. The van der Waals surface area contributed by atoms with Gasteiger partial charge in [-0.05, 0) is 47.5 Å². The molecule has 0 unspecified atom stereocenters. The van der Waals surface area contributed by atoms with Crippen molar-refractivity contribution in [2.75, 3.05) is 12.1 Å². The molecule has 3 aromatic heterocycles. The highest BCUT2D eigenvalue weighted by molar-refractivity contribution is 7.19. The molecule has 0 radical (unpaired) electrons. The number of anilines is 1. The Bertz CT molecular complexity index is 1090. The molecule has 4 aromatic rings. The summed E-state index contributed by atoms with van der Waals surface area (Å²) in [5.41, 5.74) is 4.08. The van der Waals surface area contributed by atoms with E-state index in [0.717, 1.165) is 45.1 Å². The predicted molar refractivity (Wildman–Crippen MR) is 107 cm³/mol. The Labute approximate surface area is 164 Å². The zero-order valence-electron chi connectivity index (χ0n) is 14.5. The first kappa shape index (κ1) is 16.3. The molecule has 1 aliphatic heterocycles. The predicted octanol–water partition coefficient (Wildman–Crippen LogP) is 4.71. The van der Waals surface area contributed by atoms with E-state index >= 15 is 0 Å². The van der Waals surface area contributed by atoms with E-state index in [1.54, 1.807) is 22.7 Å². The molecular weight excluding hydrogens is 380 g/mol. The number of hydrogen-bond acceptors (Lipinski definition) is 7. The van der Waals surface area contributed by atoms with Crippen LogP contribution in [-0.2, 0) is 6.54 Å². The van der Waals surface area contributed by atoms with Gasteiger partial charge in [0, 0.05) is 18.8 Å². The van der Waals surface area contributed by atoms with Gasteiger partial charge < -0.3 is 14.8 Å². The van der Waals surface area contributed by atoms with Crippen LogP contribution in [0.1, 0.15) is 11.3 Å². The minimum atomic E-state index is 0.268. The maximum atomic E-state index is 5.45. The summed E-state index contributed by atoms with van der Waals surface area (Å²) in [6.07, 6.45) is 1.95. The largest absolute Gasteiger partial charge is 0.454 e. The number of aryl methyl sites for hydroxylation is 1. The van der Waals surface area contributed by atoms with Gasteiger partial charge in [0.05, 0.1) is 16.3 Å². The number of nitrogens with one attached hydrogen (secondary N) is 1. The fourth-order valence-corrected chi connectivity index (χ4v) is 4.49. The van der Waals surface area contributed by atoms with E-state index in [4.69, 9.17) is 14.6 Å². The standard InChI is InChI=1S/C19H16N4O2S2/c1-12-18(27-19(21-12)20-9-13-5-7-26-10-13)15-4-6-23(22-15)14-2-3-16-17(8-14)25-11-24-16/h2-8,10H,9,11H2,1H3,(H,20,21). The van der Waals surface area contributed by atoms with Crippen LogP contribution in [0.4, 0.5) is 5.13 Å². The van der Waals surface area contributed by atoms with E-state index < -0.39 is 0 Å². The van der Waals surface area contributed by atoms with Gasteiger partial charge in [-0.15, -0.1) is 0 Å². The van der Waals surface area contributed by atoms with Gasteiger partial charge in [0.1, 0.15) is 5.69 Å². The topological polar surface area (TPSA) is 61.2 Å². The normalized spacial score (nSPS) is 12.5. The van der Waals surface area contributed by atoms with Crippen molar-refractivity contribution >= 4 is 27.8 Å². The second kappa shape index (κ2) is 6.71. The van der Waals surface area contributed by atoms with Crippen molar-refractivity contribution in [2.24, 2.45) is 0 Å². The van der Waals surface area contributed by atoms with Crippen LogP contribution >= 0.6 is 22.7 Å². The van der Waals surface area contributed by atoms with Crippen molar-refractivity contribution in [3.63, 3.8) is 0 Å². The van der Waals surface area contributed by atoms with Crippen molar-refractivity contribution in [1.29, 1.82) is 0 Å². The van der Waals surface area contributed by atoms with Gasteiger partial charge in [0.2, 0.25) is 6.79 Å². The van der Waals surface area contributed by atoms with Gasteiger partial charge in [-0.2, -0.15) is 16.4 Å². The fourth-order valence-electron chi connectivity index (χ4n) is 2.90. The van der Waals surface area contributed by atoms with Gasteiger partial charge in [-0.3, -0.25) is 0 Å². The number of hydrogen-bond donors (Lipinski definition) is 1. The molecular formula is C19H16N4O2S2. The summed E-state index contributed by atoms with van der Waals surface area (Å²) < 4.78 is 12.7. The third-order valence-corrected chi connectivity index (χ3v) is 6.13. The number of aromatic nitrogens is 3. The number of fused-ring (bicyclic) bond motifs is 1. The minimum absolute atomic E-state index is 0.268. The summed E-state index contributed by atoms with van der Waals surface area (Å²) in [4.78, 5) is 5.71. The summed E-state index contributed by atoms with van der Waals surface area (Å²) in [6.45, 7) is 3.06. The van der Waals surface area contributed by atoms with Crippen LogP contribution in [0.2, 0.25) is 0 Å². The molecule has 6 nitrogen and oxygen atoms in total. The fraction of sp³-hybridized carbons (Fsp3) is 0.158. The van der Waals surface area contributed by atoms with E-state index in [-0.39, 0.29) is 6.79 Å². The highest BCUT2D eigenvalue weighted by Crippen LogP contribution is 2.35. The Balaban J connectivity index is 1.38. The lowest BCUT2D eigenvalue weighted by atomic mass is 10.3. The maximum Gasteiger partial charge on any atom is 0.231 e. The molecule has 0 aliphatic carbocycles. The monoisotopic (exact) mass is 396 g/mol. The van der Waals surface area contributed by atoms with E-state index in [9.17, 15) is 0 Å². The first-order valence-electron chi connectivity index (χ1n) is 8.45. The van der Waals surface area contributed by atoms with Crippen LogP contribution in [0, 0.1) is 6.92 Å². The molecule has 1 aromatic carbocycles.